The van der Waals surface area contributed by atoms with Gasteiger partial charge in [-0.3, -0.25) is 4.79 Å². The van der Waals surface area contributed by atoms with Gasteiger partial charge >= 0.3 is 0 Å². The van der Waals surface area contributed by atoms with Gasteiger partial charge in [0.15, 0.2) is 0 Å². The Kier molecular flexibility index (Phi) is 5.34. The lowest BCUT2D eigenvalue weighted by Gasteiger charge is -2.25. The van der Waals surface area contributed by atoms with Gasteiger partial charge in [0.25, 0.3) is 0 Å². The van der Waals surface area contributed by atoms with Crippen LogP contribution < -0.4 is 4.74 Å². The molecular weight excluding hydrogens is 306 g/mol. The Hall–Kier alpha value is -1.81. The summed E-state index contributed by atoms with van der Waals surface area (Å²) in [5.41, 5.74) is 1.19. The van der Waals surface area contributed by atoms with Gasteiger partial charge in [-0.25, -0.2) is 0 Å². The summed E-state index contributed by atoms with van der Waals surface area (Å²) in [6.45, 7) is 0.875. The van der Waals surface area contributed by atoms with Crippen LogP contribution in [-0.4, -0.2) is 24.5 Å². The first-order valence-electron chi connectivity index (χ1n) is 8.24. The third-order valence-corrected chi connectivity index (χ3v) is 5.38. The molecule has 0 spiro atoms. The second-order valence-corrected chi connectivity index (χ2v) is 6.99. The maximum atomic E-state index is 12.6. The zero-order chi connectivity index (χ0) is 16.1. The molecule has 1 saturated heterocycles. The number of aryl methyl sites for hydroxylation is 1. The zero-order valence-corrected chi connectivity index (χ0v) is 14.3. The average Bonchev–Trinajstić information content (AvgIpc) is 3.26. The molecule has 1 atom stereocenters. The minimum Gasteiger partial charge on any atom is -0.497 e. The number of benzene rings is 1. The zero-order valence-electron chi connectivity index (χ0n) is 13.5. The molecule has 0 N–H and O–H groups in total. The van der Waals surface area contributed by atoms with Crippen molar-refractivity contribution in [3.63, 3.8) is 0 Å². The van der Waals surface area contributed by atoms with Crippen molar-refractivity contribution in [1.29, 1.82) is 0 Å². The first-order valence-corrected chi connectivity index (χ1v) is 9.11. The van der Waals surface area contributed by atoms with Crippen LogP contribution >= 0.6 is 11.3 Å². The summed E-state index contributed by atoms with van der Waals surface area (Å²) >= 11 is 1.77. The van der Waals surface area contributed by atoms with Gasteiger partial charge in [0.2, 0.25) is 5.91 Å². The van der Waals surface area contributed by atoms with E-state index in [9.17, 15) is 4.79 Å². The number of methoxy groups -OCH3 is 1. The van der Waals surface area contributed by atoms with Gasteiger partial charge in [0, 0.05) is 17.8 Å². The van der Waals surface area contributed by atoms with Crippen molar-refractivity contribution in [3.8, 4) is 5.75 Å². The van der Waals surface area contributed by atoms with Crippen molar-refractivity contribution in [2.75, 3.05) is 13.7 Å². The highest BCUT2D eigenvalue weighted by Crippen LogP contribution is 2.34. The smallest absolute Gasteiger partial charge is 0.223 e. The van der Waals surface area contributed by atoms with Crippen molar-refractivity contribution in [2.24, 2.45) is 0 Å². The van der Waals surface area contributed by atoms with Crippen LogP contribution in [0.15, 0.2) is 41.8 Å². The lowest BCUT2D eigenvalue weighted by molar-refractivity contribution is -0.132. The van der Waals surface area contributed by atoms with Crippen LogP contribution in [0.25, 0.3) is 0 Å². The van der Waals surface area contributed by atoms with E-state index >= 15 is 0 Å². The number of carbonyl (C=O) groups excluding carboxylic acids is 1. The highest BCUT2D eigenvalue weighted by atomic mass is 32.1. The Balaban J connectivity index is 1.60. The molecule has 0 saturated carbocycles. The number of ether oxygens (including phenoxy) is 1. The van der Waals surface area contributed by atoms with E-state index in [-0.39, 0.29) is 11.9 Å². The molecule has 4 heteroatoms. The predicted octanol–water partition coefficient (Wildman–Crippen LogP) is 4.44. The number of amides is 1. The number of nitrogens with zero attached hydrogens (tertiary/aromatic N) is 1. The van der Waals surface area contributed by atoms with Gasteiger partial charge in [-0.05, 0) is 54.8 Å². The first kappa shape index (κ1) is 16.1. The number of likely N-dealkylation sites (tertiary alicyclic amines) is 1. The molecule has 1 unspecified atom stereocenters. The van der Waals surface area contributed by atoms with E-state index in [1.165, 1.54) is 10.4 Å². The predicted molar refractivity (Wildman–Crippen MR) is 93.9 cm³/mol. The molecule has 2 heterocycles. The molecule has 0 radical (unpaired) electrons. The Bertz CT molecular complexity index is 639. The topological polar surface area (TPSA) is 29.5 Å². The fourth-order valence-electron chi connectivity index (χ4n) is 3.27. The Labute approximate surface area is 141 Å². The van der Waals surface area contributed by atoms with Crippen LogP contribution in [0.5, 0.6) is 5.75 Å². The minimum atomic E-state index is 0.208. The van der Waals surface area contributed by atoms with E-state index in [2.05, 4.69) is 34.5 Å². The van der Waals surface area contributed by atoms with Crippen molar-refractivity contribution in [1.82, 2.24) is 4.90 Å². The van der Waals surface area contributed by atoms with Gasteiger partial charge in [0.05, 0.1) is 13.2 Å². The molecule has 1 aliphatic rings. The van der Waals surface area contributed by atoms with Gasteiger partial charge in [-0.1, -0.05) is 18.2 Å². The van der Waals surface area contributed by atoms with E-state index in [1.807, 2.05) is 12.1 Å². The molecule has 0 aliphatic carbocycles. The summed E-state index contributed by atoms with van der Waals surface area (Å²) in [6, 6.07) is 12.5. The molecule has 1 aromatic heterocycles. The van der Waals surface area contributed by atoms with Crippen LogP contribution in [0.3, 0.4) is 0 Å². The molecule has 1 aromatic carbocycles. The van der Waals surface area contributed by atoms with E-state index < -0.39 is 0 Å². The van der Waals surface area contributed by atoms with Gasteiger partial charge in [-0.15, -0.1) is 11.3 Å². The van der Waals surface area contributed by atoms with Crippen LogP contribution in [0.1, 0.15) is 42.2 Å². The molecule has 122 valence electrons. The van der Waals surface area contributed by atoms with E-state index in [0.717, 1.165) is 38.0 Å². The number of hydrogen-bond acceptors (Lipinski definition) is 3. The summed E-state index contributed by atoms with van der Waals surface area (Å²) in [5, 5.41) is 2.09. The Morgan fingerprint density at radius 1 is 1.35 bits per heavy atom. The maximum Gasteiger partial charge on any atom is 0.223 e. The van der Waals surface area contributed by atoms with E-state index in [1.54, 1.807) is 18.4 Å². The first-order chi connectivity index (χ1) is 11.3. The molecule has 3 nitrogen and oxygen atoms in total. The molecule has 1 aliphatic heterocycles. The largest absolute Gasteiger partial charge is 0.497 e. The highest BCUT2D eigenvalue weighted by Gasteiger charge is 2.29. The molecule has 1 amide bonds. The van der Waals surface area contributed by atoms with Gasteiger partial charge < -0.3 is 9.64 Å². The molecule has 3 rings (SSSR count). The number of carbonyl (C=O) groups is 1. The molecular formula is C19H23NO2S. The standard InChI is InChI=1S/C19H23NO2S/c1-22-16-7-2-6-15(14-16)18-10-4-12-20(18)19(21)11-3-8-17-9-5-13-23-17/h2,5-7,9,13-14,18H,3-4,8,10-12H2,1H3. The van der Waals surface area contributed by atoms with Crippen LogP contribution in [0.4, 0.5) is 0 Å². The van der Waals surface area contributed by atoms with Crippen molar-refractivity contribution in [3.05, 3.63) is 52.2 Å². The van der Waals surface area contributed by atoms with Crippen molar-refractivity contribution in [2.45, 2.75) is 38.1 Å². The van der Waals surface area contributed by atoms with Crippen LogP contribution in [0, 0.1) is 0 Å². The summed E-state index contributed by atoms with van der Waals surface area (Å²) in [7, 11) is 1.68. The third-order valence-electron chi connectivity index (χ3n) is 4.45. The van der Waals surface area contributed by atoms with Crippen molar-refractivity contribution >= 4 is 17.2 Å². The summed E-state index contributed by atoms with van der Waals surface area (Å²) in [5.74, 6) is 1.14. The molecule has 1 fully saturated rings. The summed E-state index contributed by atoms with van der Waals surface area (Å²) in [4.78, 5) is 16.0. The lowest BCUT2D eigenvalue weighted by Crippen LogP contribution is -2.30. The number of hydrogen-bond donors (Lipinski definition) is 0. The minimum absolute atomic E-state index is 0.208. The number of thiophene rings is 1. The summed E-state index contributed by atoms with van der Waals surface area (Å²) < 4.78 is 5.31. The fourth-order valence-corrected chi connectivity index (χ4v) is 4.02. The SMILES string of the molecule is COc1cccc(C2CCCN2C(=O)CCCc2cccs2)c1. The monoisotopic (exact) mass is 329 g/mol. The molecule has 0 bridgehead atoms. The maximum absolute atomic E-state index is 12.6. The van der Waals surface area contributed by atoms with Gasteiger partial charge in [0.1, 0.15) is 5.75 Å². The Morgan fingerprint density at radius 3 is 3.04 bits per heavy atom. The van der Waals surface area contributed by atoms with Gasteiger partial charge in [-0.2, -0.15) is 0 Å². The quantitative estimate of drug-likeness (QED) is 0.784. The van der Waals surface area contributed by atoms with Crippen LogP contribution in [0.2, 0.25) is 0 Å². The third kappa shape index (κ3) is 3.94. The molecule has 23 heavy (non-hydrogen) atoms. The lowest BCUT2D eigenvalue weighted by atomic mass is 10.0. The Morgan fingerprint density at radius 2 is 2.26 bits per heavy atom. The van der Waals surface area contributed by atoms with E-state index in [0.29, 0.717) is 6.42 Å². The number of rotatable bonds is 6. The average molecular weight is 329 g/mol. The van der Waals surface area contributed by atoms with E-state index in [4.69, 9.17) is 4.74 Å². The summed E-state index contributed by atoms with van der Waals surface area (Å²) in [6.07, 6.45) is 4.70. The molecule has 2 aromatic rings. The van der Waals surface area contributed by atoms with Crippen LogP contribution in [-0.2, 0) is 11.2 Å². The second-order valence-electron chi connectivity index (χ2n) is 5.95. The second kappa shape index (κ2) is 7.64. The highest BCUT2D eigenvalue weighted by molar-refractivity contribution is 7.09. The van der Waals surface area contributed by atoms with Crippen molar-refractivity contribution < 1.29 is 9.53 Å². The normalized spacial score (nSPS) is 17.4. The fraction of sp³-hybridized carbons (Fsp3) is 0.421.